The van der Waals surface area contributed by atoms with E-state index in [0.29, 0.717) is 22.2 Å². The van der Waals surface area contributed by atoms with E-state index >= 15 is 0 Å². The van der Waals surface area contributed by atoms with Gasteiger partial charge in [-0.15, -0.1) is 0 Å². The van der Waals surface area contributed by atoms with Crippen LogP contribution >= 0.6 is 11.6 Å². The zero-order chi connectivity index (χ0) is 22.2. The average Bonchev–Trinajstić information content (AvgIpc) is 3.48. The molecular weight excluding hydrogens is 439 g/mol. The quantitative estimate of drug-likeness (QED) is 0.403. The molecule has 10 heteroatoms. The second kappa shape index (κ2) is 7.93. The molecular formula is C22H14ClFN4O4. The van der Waals surface area contributed by atoms with E-state index in [2.05, 4.69) is 10.1 Å². The SMILES string of the molecule is O=c1c2ccccc2n(Cc2nc(-c3ccc(F)c(Cl)c3)no2)c(=O)n1Cc1ccco1. The Bertz CT molecular complexity index is 1550. The topological polar surface area (TPSA) is 96.1 Å². The third-order valence-corrected chi connectivity index (χ3v) is 5.26. The van der Waals surface area contributed by atoms with Gasteiger partial charge in [0.15, 0.2) is 0 Å². The molecule has 2 aromatic carbocycles. The van der Waals surface area contributed by atoms with Crippen LogP contribution in [0.3, 0.4) is 0 Å². The number of rotatable bonds is 5. The monoisotopic (exact) mass is 452 g/mol. The van der Waals surface area contributed by atoms with Gasteiger partial charge in [0, 0.05) is 5.56 Å². The summed E-state index contributed by atoms with van der Waals surface area (Å²) in [7, 11) is 0. The normalized spacial score (nSPS) is 11.3. The summed E-state index contributed by atoms with van der Waals surface area (Å²) in [6, 6.07) is 14.2. The van der Waals surface area contributed by atoms with Crippen molar-refractivity contribution in [1.29, 1.82) is 0 Å². The molecule has 3 heterocycles. The highest BCUT2D eigenvalue weighted by Crippen LogP contribution is 2.23. The first-order valence-electron chi connectivity index (χ1n) is 9.54. The van der Waals surface area contributed by atoms with Crippen molar-refractivity contribution in [3.8, 4) is 11.4 Å². The van der Waals surface area contributed by atoms with Crippen molar-refractivity contribution in [2.24, 2.45) is 0 Å². The molecule has 8 nitrogen and oxygen atoms in total. The number of fused-ring (bicyclic) bond motifs is 1. The standard InChI is InChI=1S/C22H14ClFN4O4/c23-16-10-13(7-8-17(16)24)20-25-19(32-26-20)12-27-18-6-2-1-5-15(18)21(29)28(22(27)30)11-14-4-3-9-31-14/h1-10H,11-12H2. The van der Waals surface area contributed by atoms with Crippen LogP contribution in [0.2, 0.25) is 5.02 Å². The smallest absolute Gasteiger partial charge is 0.332 e. The van der Waals surface area contributed by atoms with Gasteiger partial charge in [0.2, 0.25) is 11.7 Å². The Morgan fingerprint density at radius 1 is 1.00 bits per heavy atom. The van der Waals surface area contributed by atoms with E-state index < -0.39 is 17.1 Å². The summed E-state index contributed by atoms with van der Waals surface area (Å²) in [4.78, 5) is 30.5. The van der Waals surface area contributed by atoms with Crippen molar-refractivity contribution in [2.75, 3.05) is 0 Å². The maximum atomic E-state index is 13.4. The predicted molar refractivity (Wildman–Crippen MR) is 114 cm³/mol. The molecule has 32 heavy (non-hydrogen) atoms. The molecule has 0 radical (unpaired) electrons. The average molecular weight is 453 g/mol. The lowest BCUT2D eigenvalue weighted by Gasteiger charge is -2.12. The number of nitrogens with zero attached hydrogens (tertiary/aromatic N) is 4. The van der Waals surface area contributed by atoms with Crippen molar-refractivity contribution in [2.45, 2.75) is 13.1 Å². The molecule has 0 aliphatic heterocycles. The molecule has 0 saturated carbocycles. The number of para-hydroxylation sites is 1. The number of furan rings is 1. The van der Waals surface area contributed by atoms with E-state index in [4.69, 9.17) is 20.5 Å². The van der Waals surface area contributed by atoms with Gasteiger partial charge in [-0.1, -0.05) is 28.9 Å². The fraction of sp³-hybridized carbons (Fsp3) is 0.0909. The van der Waals surface area contributed by atoms with E-state index in [-0.39, 0.29) is 29.8 Å². The molecule has 0 bridgehead atoms. The zero-order valence-electron chi connectivity index (χ0n) is 16.4. The first-order valence-corrected chi connectivity index (χ1v) is 9.92. The van der Waals surface area contributed by atoms with Crippen molar-refractivity contribution in [3.05, 3.63) is 104 Å². The minimum absolute atomic E-state index is 0.0152. The van der Waals surface area contributed by atoms with Crippen LogP contribution in [0.5, 0.6) is 0 Å². The Balaban J connectivity index is 1.58. The van der Waals surface area contributed by atoms with Crippen LogP contribution in [-0.2, 0) is 13.1 Å². The first-order chi connectivity index (χ1) is 15.5. The van der Waals surface area contributed by atoms with E-state index in [0.717, 1.165) is 4.57 Å². The van der Waals surface area contributed by atoms with E-state index in [1.807, 2.05) is 0 Å². The lowest BCUT2D eigenvalue weighted by molar-refractivity contribution is 0.369. The van der Waals surface area contributed by atoms with Gasteiger partial charge >= 0.3 is 5.69 Å². The minimum Gasteiger partial charge on any atom is -0.467 e. The molecule has 160 valence electrons. The maximum Gasteiger partial charge on any atom is 0.332 e. The molecule has 0 atom stereocenters. The summed E-state index contributed by atoms with van der Waals surface area (Å²) < 4.78 is 26.5. The molecule has 0 spiro atoms. The van der Waals surface area contributed by atoms with Gasteiger partial charge in [-0.25, -0.2) is 9.18 Å². The van der Waals surface area contributed by atoms with Gasteiger partial charge < -0.3 is 8.94 Å². The highest BCUT2D eigenvalue weighted by atomic mass is 35.5. The lowest BCUT2D eigenvalue weighted by atomic mass is 10.2. The second-order valence-corrected chi connectivity index (χ2v) is 7.40. The predicted octanol–water partition coefficient (Wildman–Crippen LogP) is 3.70. The zero-order valence-corrected chi connectivity index (χ0v) is 17.1. The van der Waals surface area contributed by atoms with Crippen molar-refractivity contribution >= 4 is 22.5 Å². The van der Waals surface area contributed by atoms with Gasteiger partial charge in [-0.05, 0) is 42.5 Å². The van der Waals surface area contributed by atoms with Crippen LogP contribution in [0.15, 0.2) is 79.4 Å². The van der Waals surface area contributed by atoms with Crippen LogP contribution in [-0.4, -0.2) is 19.3 Å². The van der Waals surface area contributed by atoms with E-state index in [1.165, 1.54) is 29.0 Å². The highest BCUT2D eigenvalue weighted by molar-refractivity contribution is 6.31. The summed E-state index contributed by atoms with van der Waals surface area (Å²) in [6.45, 7) is -0.0849. The van der Waals surface area contributed by atoms with Crippen LogP contribution in [0, 0.1) is 5.82 Å². The molecule has 0 amide bonds. The van der Waals surface area contributed by atoms with Crippen LogP contribution in [0.4, 0.5) is 4.39 Å². The summed E-state index contributed by atoms with van der Waals surface area (Å²) in [5.41, 5.74) is -0.0748. The minimum atomic E-state index is -0.559. The van der Waals surface area contributed by atoms with Crippen LogP contribution in [0.25, 0.3) is 22.3 Å². The maximum absolute atomic E-state index is 13.4. The fourth-order valence-corrected chi connectivity index (χ4v) is 3.61. The third-order valence-electron chi connectivity index (χ3n) is 4.97. The summed E-state index contributed by atoms with van der Waals surface area (Å²) >= 11 is 5.83. The Kier molecular flexibility index (Phi) is 4.95. The first kappa shape index (κ1) is 20.0. The van der Waals surface area contributed by atoms with Crippen molar-refractivity contribution in [3.63, 3.8) is 0 Å². The van der Waals surface area contributed by atoms with Gasteiger partial charge in [-0.3, -0.25) is 13.9 Å². The summed E-state index contributed by atoms with van der Waals surface area (Å²) in [6.07, 6.45) is 1.47. The highest BCUT2D eigenvalue weighted by Gasteiger charge is 2.17. The molecule has 5 aromatic rings. The molecule has 0 unspecified atom stereocenters. The molecule has 0 fully saturated rings. The number of hydrogen-bond acceptors (Lipinski definition) is 6. The lowest BCUT2D eigenvalue weighted by Crippen LogP contribution is -2.40. The molecule has 0 aliphatic carbocycles. The van der Waals surface area contributed by atoms with Crippen molar-refractivity contribution in [1.82, 2.24) is 19.3 Å². The van der Waals surface area contributed by atoms with Crippen LogP contribution in [0.1, 0.15) is 11.7 Å². The molecule has 0 N–H and O–H groups in total. The Labute approximate surface area is 184 Å². The largest absolute Gasteiger partial charge is 0.467 e. The Hall–Kier alpha value is -3.98. The van der Waals surface area contributed by atoms with Gasteiger partial charge in [-0.2, -0.15) is 4.98 Å². The van der Waals surface area contributed by atoms with E-state index in [1.54, 1.807) is 36.4 Å². The van der Waals surface area contributed by atoms with E-state index in [9.17, 15) is 14.0 Å². The number of hydrogen-bond donors (Lipinski definition) is 0. The summed E-state index contributed by atoms with van der Waals surface area (Å²) in [5.74, 6) is 0.245. The molecule has 0 aliphatic rings. The third kappa shape index (κ3) is 3.52. The van der Waals surface area contributed by atoms with Gasteiger partial charge in [0.1, 0.15) is 18.1 Å². The van der Waals surface area contributed by atoms with Crippen LogP contribution < -0.4 is 11.2 Å². The molecule has 3 aromatic heterocycles. The molecule has 5 rings (SSSR count). The fourth-order valence-electron chi connectivity index (χ4n) is 3.43. The summed E-state index contributed by atoms with van der Waals surface area (Å²) in [5, 5.41) is 4.19. The van der Waals surface area contributed by atoms with Gasteiger partial charge in [0.25, 0.3) is 5.56 Å². The number of benzene rings is 2. The Morgan fingerprint density at radius 2 is 1.84 bits per heavy atom. The number of halogens is 2. The Morgan fingerprint density at radius 3 is 2.62 bits per heavy atom. The number of aromatic nitrogens is 4. The van der Waals surface area contributed by atoms with Crippen molar-refractivity contribution < 1.29 is 13.3 Å². The second-order valence-electron chi connectivity index (χ2n) is 7.00. The van der Waals surface area contributed by atoms with Gasteiger partial charge in [0.05, 0.1) is 28.7 Å². The molecule has 0 saturated heterocycles.